The molecule has 4 aromatic rings. The molecular weight excluding hydrogens is 472 g/mol. The standard InChI is InChI=1S/C29H27ClN4O2/c1-4-20-7-13-22(14-8-20)26-25(28-32-27(33-36-28)23-11-5-18(2)6-12-23)19(3)34(29(35)31-26)17-21-9-15-24(30)16-10-21/h5-16,26H,4,17H2,1-3H3,(H,31,35). The number of amides is 2. The van der Waals surface area contributed by atoms with Gasteiger partial charge in [0.25, 0.3) is 5.89 Å². The third kappa shape index (κ3) is 4.77. The van der Waals surface area contributed by atoms with Gasteiger partial charge < -0.3 is 9.84 Å². The monoisotopic (exact) mass is 498 g/mol. The Balaban J connectivity index is 1.58. The number of urea groups is 1. The lowest BCUT2D eigenvalue weighted by molar-refractivity contribution is 0.203. The number of aromatic nitrogens is 2. The van der Waals surface area contributed by atoms with Crippen LogP contribution in [-0.4, -0.2) is 21.1 Å². The van der Waals surface area contributed by atoms with Gasteiger partial charge in [0.05, 0.1) is 18.2 Å². The van der Waals surface area contributed by atoms with Gasteiger partial charge in [0.2, 0.25) is 5.82 Å². The van der Waals surface area contributed by atoms with Crippen LogP contribution in [0.1, 0.15) is 48.0 Å². The molecule has 1 aromatic heterocycles. The fourth-order valence-electron chi connectivity index (χ4n) is 4.37. The normalized spacial score (nSPS) is 15.8. The van der Waals surface area contributed by atoms with E-state index in [1.54, 1.807) is 4.90 Å². The molecule has 182 valence electrons. The van der Waals surface area contributed by atoms with Crippen molar-refractivity contribution in [1.82, 2.24) is 20.4 Å². The number of rotatable bonds is 6. The third-order valence-corrected chi connectivity index (χ3v) is 6.79. The topological polar surface area (TPSA) is 71.3 Å². The molecular formula is C29H27ClN4O2. The van der Waals surface area contributed by atoms with Gasteiger partial charge in [-0.05, 0) is 49.1 Å². The molecule has 1 aliphatic rings. The van der Waals surface area contributed by atoms with Crippen molar-refractivity contribution in [1.29, 1.82) is 0 Å². The van der Waals surface area contributed by atoms with Gasteiger partial charge in [-0.1, -0.05) is 89.9 Å². The number of benzene rings is 3. The maximum atomic E-state index is 13.3. The van der Waals surface area contributed by atoms with Crippen LogP contribution in [0.4, 0.5) is 4.79 Å². The zero-order valence-electron chi connectivity index (χ0n) is 20.5. The summed E-state index contributed by atoms with van der Waals surface area (Å²) in [6, 6.07) is 23.1. The summed E-state index contributed by atoms with van der Waals surface area (Å²) in [5, 5.41) is 8.07. The Hall–Kier alpha value is -3.90. The Morgan fingerprint density at radius 1 is 0.944 bits per heavy atom. The predicted molar refractivity (Wildman–Crippen MR) is 141 cm³/mol. The van der Waals surface area contributed by atoms with E-state index in [1.807, 2.05) is 74.5 Å². The molecule has 0 aliphatic carbocycles. The summed E-state index contributed by atoms with van der Waals surface area (Å²) in [6.07, 6.45) is 0.942. The zero-order valence-corrected chi connectivity index (χ0v) is 21.2. The van der Waals surface area contributed by atoms with Gasteiger partial charge in [0, 0.05) is 16.3 Å². The molecule has 5 rings (SSSR count). The van der Waals surface area contributed by atoms with Gasteiger partial charge in [0.15, 0.2) is 0 Å². The van der Waals surface area contributed by atoms with Gasteiger partial charge in [0.1, 0.15) is 0 Å². The molecule has 2 heterocycles. The summed E-state index contributed by atoms with van der Waals surface area (Å²) in [6.45, 7) is 6.46. The van der Waals surface area contributed by atoms with Crippen molar-refractivity contribution in [2.45, 2.75) is 39.8 Å². The van der Waals surface area contributed by atoms with E-state index in [0.29, 0.717) is 23.3 Å². The number of carbonyl (C=O) groups is 1. The van der Waals surface area contributed by atoms with Crippen molar-refractivity contribution in [3.8, 4) is 11.4 Å². The minimum atomic E-state index is -0.420. The highest BCUT2D eigenvalue weighted by Crippen LogP contribution is 2.38. The molecule has 1 unspecified atom stereocenters. The summed E-state index contributed by atoms with van der Waals surface area (Å²) >= 11 is 6.06. The highest BCUT2D eigenvalue weighted by Gasteiger charge is 2.35. The lowest BCUT2D eigenvalue weighted by Gasteiger charge is -2.35. The maximum Gasteiger partial charge on any atom is 0.322 e. The molecule has 1 N–H and O–H groups in total. The van der Waals surface area contributed by atoms with Gasteiger partial charge in [-0.3, -0.25) is 4.90 Å². The number of hydrogen-bond donors (Lipinski definition) is 1. The van der Waals surface area contributed by atoms with Gasteiger partial charge >= 0.3 is 6.03 Å². The number of nitrogens with zero attached hydrogens (tertiary/aromatic N) is 3. The second-order valence-electron chi connectivity index (χ2n) is 8.98. The van der Waals surface area contributed by atoms with Gasteiger partial charge in [-0.2, -0.15) is 4.98 Å². The largest absolute Gasteiger partial charge is 0.334 e. The van der Waals surface area contributed by atoms with Crippen LogP contribution in [0.2, 0.25) is 5.02 Å². The van der Waals surface area contributed by atoms with E-state index < -0.39 is 6.04 Å². The summed E-state index contributed by atoms with van der Waals surface area (Å²) in [4.78, 5) is 19.7. The quantitative estimate of drug-likeness (QED) is 0.312. The van der Waals surface area contributed by atoms with Crippen molar-refractivity contribution in [2.75, 3.05) is 0 Å². The van der Waals surface area contributed by atoms with Crippen molar-refractivity contribution >= 4 is 23.2 Å². The fraction of sp³-hybridized carbons (Fsp3) is 0.207. The number of nitrogens with one attached hydrogen (secondary N) is 1. The summed E-state index contributed by atoms with van der Waals surface area (Å²) in [7, 11) is 0. The maximum absolute atomic E-state index is 13.3. The lowest BCUT2D eigenvalue weighted by Crippen LogP contribution is -2.45. The number of carbonyl (C=O) groups excluding carboxylic acids is 1. The first-order valence-corrected chi connectivity index (χ1v) is 12.3. The van der Waals surface area contributed by atoms with Crippen LogP contribution in [-0.2, 0) is 13.0 Å². The Bertz CT molecular complexity index is 1410. The molecule has 7 heteroatoms. The third-order valence-electron chi connectivity index (χ3n) is 6.54. The average Bonchev–Trinajstić information content (AvgIpc) is 3.37. The predicted octanol–water partition coefficient (Wildman–Crippen LogP) is 6.96. The Kier molecular flexibility index (Phi) is 6.61. The van der Waals surface area contributed by atoms with Crippen LogP contribution in [0, 0.1) is 6.92 Å². The van der Waals surface area contributed by atoms with Crippen LogP contribution < -0.4 is 5.32 Å². The Morgan fingerprint density at radius 3 is 2.28 bits per heavy atom. The van der Waals surface area contributed by atoms with Gasteiger partial charge in [-0.15, -0.1) is 0 Å². The summed E-state index contributed by atoms with van der Waals surface area (Å²) in [5.41, 5.74) is 6.71. The second-order valence-corrected chi connectivity index (χ2v) is 9.41. The number of aryl methyl sites for hydroxylation is 2. The van der Waals surface area contributed by atoms with E-state index in [9.17, 15) is 4.79 Å². The van der Waals surface area contributed by atoms with Crippen molar-refractivity contribution in [3.63, 3.8) is 0 Å². The zero-order chi connectivity index (χ0) is 25.2. The number of halogens is 1. The average molecular weight is 499 g/mol. The minimum Gasteiger partial charge on any atom is -0.334 e. The SMILES string of the molecule is CCc1ccc(C2NC(=O)N(Cc3ccc(Cl)cc3)C(C)=C2c2nc(-c3ccc(C)cc3)no2)cc1. The molecule has 6 nitrogen and oxygen atoms in total. The summed E-state index contributed by atoms with van der Waals surface area (Å²) < 4.78 is 5.79. The highest BCUT2D eigenvalue weighted by atomic mass is 35.5. The summed E-state index contributed by atoms with van der Waals surface area (Å²) in [5.74, 6) is 0.889. The molecule has 0 saturated heterocycles. The van der Waals surface area contributed by atoms with E-state index in [4.69, 9.17) is 21.1 Å². The first-order chi connectivity index (χ1) is 17.4. The molecule has 0 radical (unpaired) electrons. The van der Waals surface area contributed by atoms with Crippen molar-refractivity contribution in [3.05, 3.63) is 112 Å². The lowest BCUT2D eigenvalue weighted by atomic mass is 9.93. The molecule has 1 aliphatic heterocycles. The molecule has 36 heavy (non-hydrogen) atoms. The first-order valence-electron chi connectivity index (χ1n) is 12.0. The minimum absolute atomic E-state index is 0.186. The smallest absolute Gasteiger partial charge is 0.322 e. The number of allylic oxidation sites excluding steroid dienone is 1. The van der Waals surface area contributed by atoms with Crippen LogP contribution in [0.25, 0.3) is 17.0 Å². The van der Waals surface area contributed by atoms with E-state index in [0.717, 1.165) is 39.9 Å². The molecule has 0 fully saturated rings. The molecule has 0 saturated carbocycles. The molecule has 0 spiro atoms. The van der Waals surface area contributed by atoms with Crippen molar-refractivity contribution in [2.24, 2.45) is 0 Å². The number of hydrogen-bond acceptors (Lipinski definition) is 4. The van der Waals surface area contributed by atoms with Crippen LogP contribution in [0.15, 0.2) is 83.0 Å². The fourth-order valence-corrected chi connectivity index (χ4v) is 4.50. The molecule has 3 aromatic carbocycles. The van der Waals surface area contributed by atoms with Crippen LogP contribution >= 0.6 is 11.6 Å². The Morgan fingerprint density at radius 2 is 1.61 bits per heavy atom. The van der Waals surface area contributed by atoms with E-state index in [1.165, 1.54) is 5.56 Å². The first kappa shape index (κ1) is 23.8. The van der Waals surface area contributed by atoms with Crippen molar-refractivity contribution < 1.29 is 9.32 Å². The Labute approximate surface area is 215 Å². The second kappa shape index (κ2) is 9.99. The van der Waals surface area contributed by atoms with E-state index in [2.05, 4.69) is 29.5 Å². The molecule has 0 bridgehead atoms. The molecule has 2 amide bonds. The molecule has 1 atom stereocenters. The highest BCUT2D eigenvalue weighted by molar-refractivity contribution is 6.30. The van der Waals surface area contributed by atoms with E-state index in [-0.39, 0.29) is 6.03 Å². The van der Waals surface area contributed by atoms with Crippen LogP contribution in [0.5, 0.6) is 0 Å². The van der Waals surface area contributed by atoms with Crippen LogP contribution in [0.3, 0.4) is 0 Å². The van der Waals surface area contributed by atoms with E-state index >= 15 is 0 Å². The van der Waals surface area contributed by atoms with Gasteiger partial charge in [-0.25, -0.2) is 4.79 Å².